The molecule has 0 saturated heterocycles. The molecule has 166 valence electrons. The Morgan fingerprint density at radius 2 is 1.97 bits per heavy atom. The first kappa shape index (κ1) is 21.1. The third-order valence-electron chi connectivity index (χ3n) is 5.36. The number of aromatic amines is 1. The monoisotopic (exact) mass is 430 g/mol. The van der Waals surface area contributed by atoms with Gasteiger partial charge in [-0.25, -0.2) is 0 Å². The van der Waals surface area contributed by atoms with Crippen molar-refractivity contribution in [3.8, 4) is 11.5 Å². The summed E-state index contributed by atoms with van der Waals surface area (Å²) in [5.74, 6) is 0.194. The Morgan fingerprint density at radius 1 is 1.16 bits per heavy atom. The summed E-state index contributed by atoms with van der Waals surface area (Å²) in [4.78, 5) is 25.6. The Hall–Kier alpha value is -3.11. The number of hydrogen-bond acceptors (Lipinski definition) is 7. The molecule has 0 spiro atoms. The van der Waals surface area contributed by atoms with Crippen molar-refractivity contribution < 1.29 is 28.5 Å². The molecular weight excluding hydrogens is 404 g/mol. The van der Waals surface area contributed by atoms with Crippen LogP contribution in [0, 0.1) is 0 Å². The summed E-state index contributed by atoms with van der Waals surface area (Å²) in [7, 11) is 1.60. The maximum Gasteiger partial charge on any atom is 0.271 e. The molecule has 10 nitrogen and oxygen atoms in total. The number of benzene rings is 1. The second kappa shape index (κ2) is 9.80. The van der Waals surface area contributed by atoms with Crippen LogP contribution in [0.3, 0.4) is 0 Å². The summed E-state index contributed by atoms with van der Waals surface area (Å²) in [6.45, 7) is 1.08. The zero-order valence-corrected chi connectivity index (χ0v) is 17.3. The predicted octanol–water partition coefficient (Wildman–Crippen LogP) is 2.09. The van der Waals surface area contributed by atoms with Crippen molar-refractivity contribution in [3.05, 3.63) is 35.7 Å². The first-order valence-electron chi connectivity index (χ1n) is 10.3. The number of carbonyl (C=O) groups is 2. The van der Waals surface area contributed by atoms with Gasteiger partial charge in [0.2, 0.25) is 0 Å². The summed E-state index contributed by atoms with van der Waals surface area (Å²) in [6.07, 6.45) is 4.88. The fourth-order valence-corrected chi connectivity index (χ4v) is 3.79. The van der Waals surface area contributed by atoms with Crippen LogP contribution in [-0.4, -0.2) is 61.3 Å². The minimum Gasteiger partial charge on any atom is -0.486 e. The van der Waals surface area contributed by atoms with Crippen molar-refractivity contribution in [2.75, 3.05) is 32.4 Å². The Kier molecular flexibility index (Phi) is 6.68. The van der Waals surface area contributed by atoms with Crippen molar-refractivity contribution in [3.63, 3.8) is 0 Å². The number of fused-ring (bicyclic) bond motifs is 1. The highest BCUT2D eigenvalue weighted by molar-refractivity contribution is 6.09. The Labute approximate surface area is 179 Å². The molecule has 0 unspecified atom stereocenters. The molecule has 1 aliphatic carbocycles. The summed E-state index contributed by atoms with van der Waals surface area (Å²) in [6, 6.07) is 5.15. The van der Waals surface area contributed by atoms with Crippen LogP contribution in [0.5, 0.6) is 11.5 Å². The van der Waals surface area contributed by atoms with E-state index in [-0.39, 0.29) is 30.5 Å². The molecule has 3 N–H and O–H groups in total. The Bertz CT molecular complexity index is 922. The van der Waals surface area contributed by atoms with Crippen molar-refractivity contribution in [1.82, 2.24) is 15.5 Å². The van der Waals surface area contributed by atoms with E-state index in [2.05, 4.69) is 20.8 Å². The molecule has 0 atom stereocenters. The molecule has 31 heavy (non-hydrogen) atoms. The molecule has 2 aliphatic rings. The van der Waals surface area contributed by atoms with Crippen LogP contribution in [0.15, 0.2) is 24.4 Å². The van der Waals surface area contributed by atoms with Crippen LogP contribution in [0.4, 0.5) is 5.69 Å². The van der Waals surface area contributed by atoms with E-state index in [0.717, 1.165) is 25.7 Å². The number of hydrogen-bond donors (Lipinski definition) is 3. The summed E-state index contributed by atoms with van der Waals surface area (Å²) in [5, 5.41) is 12.4. The van der Waals surface area contributed by atoms with Crippen LogP contribution in [-0.2, 0) is 9.47 Å². The van der Waals surface area contributed by atoms with Crippen LogP contribution < -0.4 is 20.1 Å². The van der Waals surface area contributed by atoms with Crippen molar-refractivity contribution in [1.29, 1.82) is 0 Å². The second-order valence-electron chi connectivity index (χ2n) is 7.46. The maximum absolute atomic E-state index is 12.8. The molecule has 2 aromatic rings. The quantitative estimate of drug-likeness (QED) is 0.575. The highest BCUT2D eigenvalue weighted by atomic mass is 16.7. The zero-order valence-electron chi connectivity index (χ0n) is 17.3. The number of ether oxygens (including phenoxy) is 4. The van der Waals surface area contributed by atoms with Crippen molar-refractivity contribution in [2.45, 2.75) is 37.8 Å². The number of nitrogens with zero attached hydrogens (tertiary/aromatic N) is 1. The average molecular weight is 430 g/mol. The average Bonchev–Trinajstić information content (AvgIpc) is 3.26. The van der Waals surface area contributed by atoms with E-state index >= 15 is 0 Å². The minimum atomic E-state index is -0.409. The van der Waals surface area contributed by atoms with Gasteiger partial charge in [-0.15, -0.1) is 0 Å². The van der Waals surface area contributed by atoms with Gasteiger partial charge in [0.1, 0.15) is 25.7 Å². The molecule has 2 amide bonds. The molecule has 10 heteroatoms. The molecular formula is C21H26N4O6. The Balaban J connectivity index is 1.37. The van der Waals surface area contributed by atoms with E-state index in [1.807, 2.05) is 0 Å². The lowest BCUT2D eigenvalue weighted by Crippen LogP contribution is -2.39. The normalized spacial score (nSPS) is 20.2. The standard InChI is InChI=1S/C21H26N4O6/c1-28-12-31-14-7-5-13(6-8-14)23-21(27)18-16(11-22-25-18)24-20(26)15-3-2-4-17-19(15)30-10-9-29-17/h2-4,11,13-14H,5-10,12H2,1H3,(H,22,25)(H,23,27)(H,24,26). The van der Waals surface area contributed by atoms with E-state index in [0.29, 0.717) is 36.0 Å². The van der Waals surface area contributed by atoms with E-state index in [9.17, 15) is 9.59 Å². The SMILES string of the molecule is COCOC1CCC(NC(=O)c2[nH]ncc2NC(=O)c2cccc3c2OCCO3)CC1. The molecule has 0 radical (unpaired) electrons. The molecule has 1 fully saturated rings. The van der Waals surface area contributed by atoms with E-state index in [1.54, 1.807) is 25.3 Å². The number of H-pyrrole nitrogens is 1. The maximum atomic E-state index is 12.8. The van der Waals surface area contributed by atoms with Gasteiger partial charge in [-0.1, -0.05) is 6.07 Å². The molecule has 0 bridgehead atoms. The number of carbonyl (C=O) groups excluding carboxylic acids is 2. The van der Waals surface area contributed by atoms with E-state index < -0.39 is 5.91 Å². The van der Waals surface area contributed by atoms with Gasteiger partial charge in [0, 0.05) is 13.2 Å². The fourth-order valence-electron chi connectivity index (χ4n) is 3.79. The number of aromatic nitrogens is 2. The molecule has 1 aromatic carbocycles. The smallest absolute Gasteiger partial charge is 0.271 e. The third kappa shape index (κ3) is 4.97. The van der Waals surface area contributed by atoms with E-state index in [1.165, 1.54) is 6.20 Å². The summed E-state index contributed by atoms with van der Waals surface area (Å²) < 4.78 is 21.6. The predicted molar refractivity (Wildman–Crippen MR) is 110 cm³/mol. The van der Waals surface area contributed by atoms with Gasteiger partial charge in [-0.2, -0.15) is 5.10 Å². The number of amides is 2. The summed E-state index contributed by atoms with van der Waals surface area (Å²) in [5.41, 5.74) is 0.834. The van der Waals surface area contributed by atoms with Crippen LogP contribution in [0.1, 0.15) is 46.5 Å². The number of nitrogens with one attached hydrogen (secondary N) is 3. The number of anilines is 1. The van der Waals surface area contributed by atoms with Crippen LogP contribution >= 0.6 is 0 Å². The van der Waals surface area contributed by atoms with Crippen molar-refractivity contribution >= 4 is 17.5 Å². The lowest BCUT2D eigenvalue weighted by atomic mass is 9.93. The molecule has 4 rings (SSSR count). The van der Waals surface area contributed by atoms with Crippen molar-refractivity contribution in [2.24, 2.45) is 0 Å². The van der Waals surface area contributed by atoms with Gasteiger partial charge >= 0.3 is 0 Å². The summed E-state index contributed by atoms with van der Waals surface area (Å²) >= 11 is 0. The molecule has 1 aromatic heterocycles. The second-order valence-corrected chi connectivity index (χ2v) is 7.46. The van der Waals surface area contributed by atoms with Gasteiger partial charge in [0.25, 0.3) is 11.8 Å². The largest absolute Gasteiger partial charge is 0.486 e. The topological polar surface area (TPSA) is 124 Å². The lowest BCUT2D eigenvalue weighted by Gasteiger charge is -2.28. The number of rotatable bonds is 7. The lowest BCUT2D eigenvalue weighted by molar-refractivity contribution is -0.0837. The first-order chi connectivity index (χ1) is 15.2. The van der Waals surface area contributed by atoms with Crippen LogP contribution in [0.2, 0.25) is 0 Å². The third-order valence-corrected chi connectivity index (χ3v) is 5.36. The zero-order chi connectivity index (χ0) is 21.6. The highest BCUT2D eigenvalue weighted by Crippen LogP contribution is 2.34. The minimum absolute atomic E-state index is 0.0356. The number of para-hydroxylation sites is 1. The molecule has 1 aliphatic heterocycles. The van der Waals surface area contributed by atoms with E-state index in [4.69, 9.17) is 18.9 Å². The van der Waals surface area contributed by atoms with Crippen LogP contribution in [0.25, 0.3) is 0 Å². The first-order valence-corrected chi connectivity index (χ1v) is 10.3. The highest BCUT2D eigenvalue weighted by Gasteiger charge is 2.26. The van der Waals surface area contributed by atoms with Gasteiger partial charge < -0.3 is 29.6 Å². The van der Waals surface area contributed by atoms with Gasteiger partial charge in [0.05, 0.1) is 23.6 Å². The van der Waals surface area contributed by atoms with Gasteiger partial charge in [0.15, 0.2) is 11.5 Å². The number of methoxy groups -OCH3 is 1. The molecule has 1 saturated carbocycles. The van der Waals surface area contributed by atoms with Gasteiger partial charge in [-0.3, -0.25) is 14.7 Å². The molecule has 2 heterocycles. The fraction of sp³-hybridized carbons (Fsp3) is 0.476. The van der Waals surface area contributed by atoms with Gasteiger partial charge in [-0.05, 0) is 37.8 Å². The Morgan fingerprint density at radius 3 is 2.77 bits per heavy atom.